The second-order valence-corrected chi connectivity index (χ2v) is 6.42. The first-order valence-electron chi connectivity index (χ1n) is 9.05. The van der Waals surface area contributed by atoms with Crippen molar-refractivity contribution in [2.45, 2.75) is 13.5 Å². The van der Waals surface area contributed by atoms with Gasteiger partial charge >= 0.3 is 5.69 Å². The second-order valence-electron chi connectivity index (χ2n) is 6.42. The summed E-state index contributed by atoms with van der Waals surface area (Å²) in [6, 6.07) is 10.4. The molecule has 1 aromatic heterocycles. The van der Waals surface area contributed by atoms with Gasteiger partial charge in [0.2, 0.25) is 5.91 Å². The van der Waals surface area contributed by atoms with E-state index in [9.17, 15) is 24.0 Å². The number of rotatable bonds is 6. The highest BCUT2D eigenvalue weighted by Gasteiger charge is 2.12. The first kappa shape index (κ1) is 20.5. The van der Waals surface area contributed by atoms with Gasteiger partial charge in [0.25, 0.3) is 17.4 Å². The van der Waals surface area contributed by atoms with Crippen molar-refractivity contribution >= 4 is 34.3 Å². The van der Waals surface area contributed by atoms with Gasteiger partial charge < -0.3 is 21.4 Å². The van der Waals surface area contributed by atoms with Crippen LogP contribution >= 0.6 is 0 Å². The first-order chi connectivity index (χ1) is 14.3. The average Bonchev–Trinajstić information content (AvgIpc) is 2.72. The smallest absolute Gasteiger partial charge is 0.328 e. The molecule has 2 aromatic carbocycles. The molecule has 0 radical (unpaired) electrons. The van der Waals surface area contributed by atoms with Gasteiger partial charge in [0.1, 0.15) is 0 Å². The largest absolute Gasteiger partial charge is 0.368 e. The number of aromatic nitrogens is 2. The fourth-order valence-electron chi connectivity index (χ4n) is 2.86. The van der Waals surface area contributed by atoms with Crippen molar-refractivity contribution in [3.63, 3.8) is 0 Å². The summed E-state index contributed by atoms with van der Waals surface area (Å²) in [5.74, 6) is -1.58. The Labute approximate surface area is 169 Å². The van der Waals surface area contributed by atoms with Crippen LogP contribution in [0.5, 0.6) is 0 Å². The summed E-state index contributed by atoms with van der Waals surface area (Å²) in [5.41, 5.74) is 5.25. The maximum Gasteiger partial charge on any atom is 0.328 e. The van der Waals surface area contributed by atoms with E-state index in [1.165, 1.54) is 42.5 Å². The molecule has 1 heterocycles. The SMILES string of the molecule is CCn1c(=O)[nH]c2cc(C(=O)Nc3ccc(C(=O)NCC(N)=O)cc3)ccc2c1=O. The number of carbonyl (C=O) groups is 3. The molecule has 0 fully saturated rings. The van der Waals surface area contributed by atoms with Gasteiger partial charge in [0.05, 0.1) is 17.4 Å². The van der Waals surface area contributed by atoms with Crippen LogP contribution in [0, 0.1) is 0 Å². The lowest BCUT2D eigenvalue weighted by Crippen LogP contribution is -2.34. The van der Waals surface area contributed by atoms with E-state index in [0.29, 0.717) is 16.6 Å². The molecule has 10 heteroatoms. The Morgan fingerprint density at radius 1 is 1.00 bits per heavy atom. The number of amides is 3. The fraction of sp³-hybridized carbons (Fsp3) is 0.150. The molecule has 3 aromatic rings. The van der Waals surface area contributed by atoms with E-state index in [-0.39, 0.29) is 24.2 Å². The van der Waals surface area contributed by atoms with E-state index in [1.807, 2.05) is 0 Å². The van der Waals surface area contributed by atoms with E-state index in [1.54, 1.807) is 6.92 Å². The molecular weight excluding hydrogens is 390 g/mol. The normalized spacial score (nSPS) is 10.6. The Kier molecular flexibility index (Phi) is 5.77. The summed E-state index contributed by atoms with van der Waals surface area (Å²) < 4.78 is 1.07. The number of nitrogens with two attached hydrogens (primary N) is 1. The third-order valence-electron chi connectivity index (χ3n) is 4.39. The van der Waals surface area contributed by atoms with Crippen LogP contribution in [0.3, 0.4) is 0 Å². The number of primary amides is 1. The number of nitrogens with zero attached hydrogens (tertiary/aromatic N) is 1. The lowest BCUT2D eigenvalue weighted by molar-refractivity contribution is -0.117. The van der Waals surface area contributed by atoms with Crippen molar-refractivity contribution in [3.8, 4) is 0 Å². The number of H-pyrrole nitrogens is 1. The number of anilines is 1. The van der Waals surface area contributed by atoms with Crippen molar-refractivity contribution in [3.05, 3.63) is 74.4 Å². The predicted octanol–water partition coefficient (Wildman–Crippen LogP) is 0.177. The fourth-order valence-corrected chi connectivity index (χ4v) is 2.86. The number of aromatic amines is 1. The van der Waals surface area contributed by atoms with Crippen LogP contribution in [0.2, 0.25) is 0 Å². The minimum atomic E-state index is -0.655. The highest BCUT2D eigenvalue weighted by molar-refractivity contribution is 6.06. The van der Waals surface area contributed by atoms with Gasteiger partial charge in [0.15, 0.2) is 0 Å². The standard InChI is InChI=1S/C20H19N5O5/c1-2-25-19(29)14-8-5-12(9-15(14)24-20(25)30)18(28)23-13-6-3-11(4-7-13)17(27)22-10-16(21)26/h3-9H,2,10H2,1H3,(H2,21,26)(H,22,27)(H,23,28)(H,24,30). The minimum Gasteiger partial charge on any atom is -0.368 e. The number of hydrogen-bond donors (Lipinski definition) is 4. The van der Waals surface area contributed by atoms with Crippen LogP contribution < -0.4 is 27.6 Å². The number of fused-ring (bicyclic) bond motifs is 1. The second kappa shape index (κ2) is 8.43. The lowest BCUT2D eigenvalue weighted by Gasteiger charge is -2.08. The molecule has 0 spiro atoms. The summed E-state index contributed by atoms with van der Waals surface area (Å²) in [7, 11) is 0. The van der Waals surface area contributed by atoms with Gasteiger partial charge in [-0.3, -0.25) is 23.7 Å². The van der Waals surface area contributed by atoms with Gasteiger partial charge in [-0.2, -0.15) is 0 Å². The highest BCUT2D eigenvalue weighted by Crippen LogP contribution is 2.14. The van der Waals surface area contributed by atoms with E-state index in [4.69, 9.17) is 5.73 Å². The summed E-state index contributed by atoms with van der Waals surface area (Å²) in [4.78, 5) is 62.0. The zero-order valence-electron chi connectivity index (χ0n) is 16.0. The third-order valence-corrected chi connectivity index (χ3v) is 4.39. The number of hydrogen-bond acceptors (Lipinski definition) is 5. The molecule has 0 saturated heterocycles. The van der Waals surface area contributed by atoms with Crippen molar-refractivity contribution in [1.82, 2.24) is 14.9 Å². The van der Waals surface area contributed by atoms with Crippen LogP contribution in [0.4, 0.5) is 5.69 Å². The molecule has 30 heavy (non-hydrogen) atoms. The molecule has 0 unspecified atom stereocenters. The molecule has 0 atom stereocenters. The van der Waals surface area contributed by atoms with Crippen LogP contribution in [-0.4, -0.2) is 33.8 Å². The molecule has 0 aliphatic carbocycles. The Bertz CT molecular complexity index is 1260. The third kappa shape index (κ3) is 4.27. The van der Waals surface area contributed by atoms with Gasteiger partial charge in [-0.25, -0.2) is 4.79 Å². The highest BCUT2D eigenvalue weighted by atomic mass is 16.2. The number of nitrogens with one attached hydrogen (secondary N) is 3. The topological polar surface area (TPSA) is 156 Å². The predicted molar refractivity (Wildman–Crippen MR) is 110 cm³/mol. The molecule has 10 nitrogen and oxygen atoms in total. The average molecular weight is 409 g/mol. The quantitative estimate of drug-likeness (QED) is 0.457. The summed E-state index contributed by atoms with van der Waals surface area (Å²) in [5, 5.41) is 5.34. The van der Waals surface area contributed by atoms with Crippen molar-refractivity contribution < 1.29 is 14.4 Å². The molecule has 0 aliphatic rings. The molecule has 0 bridgehead atoms. The van der Waals surface area contributed by atoms with Crippen molar-refractivity contribution in [2.24, 2.45) is 5.73 Å². The van der Waals surface area contributed by atoms with Crippen LogP contribution in [0.25, 0.3) is 10.9 Å². The Hall–Kier alpha value is -4.21. The summed E-state index contributed by atoms with van der Waals surface area (Å²) in [6.07, 6.45) is 0. The summed E-state index contributed by atoms with van der Waals surface area (Å²) in [6.45, 7) is 1.66. The Morgan fingerprint density at radius 2 is 1.67 bits per heavy atom. The van der Waals surface area contributed by atoms with E-state index in [2.05, 4.69) is 15.6 Å². The van der Waals surface area contributed by atoms with Crippen LogP contribution in [-0.2, 0) is 11.3 Å². The molecule has 0 saturated carbocycles. The monoisotopic (exact) mass is 409 g/mol. The first-order valence-corrected chi connectivity index (χ1v) is 9.05. The van der Waals surface area contributed by atoms with Gasteiger partial charge in [-0.15, -0.1) is 0 Å². The van der Waals surface area contributed by atoms with E-state index in [0.717, 1.165) is 4.57 Å². The summed E-state index contributed by atoms with van der Waals surface area (Å²) >= 11 is 0. The van der Waals surface area contributed by atoms with Gasteiger partial charge in [-0.1, -0.05) is 0 Å². The lowest BCUT2D eigenvalue weighted by atomic mass is 10.1. The minimum absolute atomic E-state index is 0.239. The van der Waals surface area contributed by atoms with Crippen molar-refractivity contribution in [2.75, 3.05) is 11.9 Å². The Balaban J connectivity index is 1.78. The zero-order valence-corrected chi connectivity index (χ0v) is 16.0. The Morgan fingerprint density at radius 3 is 2.30 bits per heavy atom. The molecule has 3 amide bonds. The molecule has 3 rings (SSSR count). The van der Waals surface area contributed by atoms with Crippen molar-refractivity contribution in [1.29, 1.82) is 0 Å². The molecule has 0 aliphatic heterocycles. The van der Waals surface area contributed by atoms with Crippen LogP contribution in [0.1, 0.15) is 27.6 Å². The molecule has 154 valence electrons. The van der Waals surface area contributed by atoms with Gasteiger partial charge in [0, 0.05) is 23.4 Å². The maximum atomic E-state index is 12.5. The number of carbonyl (C=O) groups excluding carboxylic acids is 3. The van der Waals surface area contributed by atoms with Gasteiger partial charge in [-0.05, 0) is 49.4 Å². The van der Waals surface area contributed by atoms with E-state index < -0.39 is 29.0 Å². The molecule has 5 N–H and O–H groups in total. The van der Waals surface area contributed by atoms with Crippen LogP contribution in [0.15, 0.2) is 52.1 Å². The zero-order chi connectivity index (χ0) is 21.8. The number of benzene rings is 2. The van der Waals surface area contributed by atoms with E-state index >= 15 is 0 Å². The maximum absolute atomic E-state index is 12.5. The molecular formula is C20H19N5O5.